The molecule has 0 aromatic carbocycles. The summed E-state index contributed by atoms with van der Waals surface area (Å²) in [5.74, 6) is 0.559. The van der Waals surface area contributed by atoms with Crippen LogP contribution in [0.2, 0.25) is 0 Å². The maximum Gasteiger partial charge on any atom is 0.410 e. The molecule has 0 aromatic rings. The quantitative estimate of drug-likeness (QED) is 0.750. The van der Waals surface area contributed by atoms with Crippen molar-refractivity contribution in [2.45, 2.75) is 65.5 Å². The fourth-order valence-corrected chi connectivity index (χ4v) is 2.74. The van der Waals surface area contributed by atoms with Gasteiger partial charge in [0.05, 0.1) is 18.7 Å². The van der Waals surface area contributed by atoms with Crippen molar-refractivity contribution >= 4 is 12.0 Å². The standard InChI is InChI=1S/C17H33N3O3/c1-12(2)9-15(18)16(21)19-10-14-7-5-6-8-20(14)17(22)23-11-13(3)4/h12-15H,5-11,18H2,1-4H3,(H,19,21)/t14?,15-/m0/s1. The number of hydrogen-bond donors (Lipinski definition) is 2. The molecule has 1 aliphatic heterocycles. The molecule has 2 atom stereocenters. The van der Waals surface area contributed by atoms with Crippen molar-refractivity contribution < 1.29 is 14.3 Å². The monoisotopic (exact) mass is 327 g/mol. The van der Waals surface area contributed by atoms with E-state index >= 15 is 0 Å². The third-order valence-corrected chi connectivity index (χ3v) is 3.98. The molecule has 1 rings (SSSR count). The van der Waals surface area contributed by atoms with Crippen molar-refractivity contribution in [2.24, 2.45) is 17.6 Å². The fraction of sp³-hybridized carbons (Fsp3) is 0.882. The summed E-state index contributed by atoms with van der Waals surface area (Å²) in [6.07, 6.45) is 3.32. The zero-order chi connectivity index (χ0) is 17.4. The first-order valence-electron chi connectivity index (χ1n) is 8.78. The van der Waals surface area contributed by atoms with E-state index in [1.807, 2.05) is 27.7 Å². The number of nitrogens with two attached hydrogens (primary N) is 1. The van der Waals surface area contributed by atoms with Crippen LogP contribution < -0.4 is 11.1 Å². The average Bonchev–Trinajstić information content (AvgIpc) is 2.49. The highest BCUT2D eigenvalue weighted by Gasteiger charge is 2.28. The molecule has 1 unspecified atom stereocenters. The minimum Gasteiger partial charge on any atom is -0.449 e. The first kappa shape index (κ1) is 19.7. The molecule has 1 aliphatic rings. The van der Waals surface area contributed by atoms with Crippen LogP contribution in [0.1, 0.15) is 53.4 Å². The van der Waals surface area contributed by atoms with Crippen molar-refractivity contribution in [3.63, 3.8) is 0 Å². The molecule has 23 heavy (non-hydrogen) atoms. The van der Waals surface area contributed by atoms with Crippen molar-refractivity contribution in [2.75, 3.05) is 19.7 Å². The third-order valence-electron chi connectivity index (χ3n) is 3.98. The lowest BCUT2D eigenvalue weighted by Crippen LogP contribution is -2.52. The summed E-state index contributed by atoms with van der Waals surface area (Å²) < 4.78 is 5.33. The van der Waals surface area contributed by atoms with Crippen LogP contribution in [-0.4, -0.2) is 48.7 Å². The van der Waals surface area contributed by atoms with Gasteiger partial charge < -0.3 is 20.7 Å². The largest absolute Gasteiger partial charge is 0.449 e. The topological polar surface area (TPSA) is 84.7 Å². The highest BCUT2D eigenvalue weighted by atomic mass is 16.6. The first-order valence-corrected chi connectivity index (χ1v) is 8.78. The number of nitrogens with one attached hydrogen (secondary N) is 1. The second-order valence-corrected chi connectivity index (χ2v) is 7.29. The van der Waals surface area contributed by atoms with Crippen molar-refractivity contribution in [3.05, 3.63) is 0 Å². The lowest BCUT2D eigenvalue weighted by Gasteiger charge is -2.35. The Morgan fingerprint density at radius 2 is 1.91 bits per heavy atom. The molecular weight excluding hydrogens is 294 g/mol. The summed E-state index contributed by atoms with van der Waals surface area (Å²) >= 11 is 0. The van der Waals surface area contributed by atoms with E-state index in [2.05, 4.69) is 5.32 Å². The van der Waals surface area contributed by atoms with Crippen LogP contribution in [0.4, 0.5) is 4.79 Å². The molecule has 6 heteroatoms. The number of rotatable bonds is 7. The molecule has 0 aromatic heterocycles. The highest BCUT2D eigenvalue weighted by Crippen LogP contribution is 2.18. The number of ether oxygens (including phenoxy) is 1. The van der Waals surface area contributed by atoms with Crippen LogP contribution >= 0.6 is 0 Å². The number of hydrogen-bond acceptors (Lipinski definition) is 4. The Morgan fingerprint density at radius 3 is 2.52 bits per heavy atom. The third kappa shape index (κ3) is 7.20. The van der Waals surface area contributed by atoms with Gasteiger partial charge in [-0.05, 0) is 37.5 Å². The van der Waals surface area contributed by atoms with Gasteiger partial charge in [-0.25, -0.2) is 4.79 Å². The highest BCUT2D eigenvalue weighted by molar-refractivity contribution is 5.81. The molecule has 1 heterocycles. The van der Waals surface area contributed by atoms with E-state index < -0.39 is 6.04 Å². The number of piperidine rings is 1. The predicted molar refractivity (Wildman–Crippen MR) is 91.0 cm³/mol. The molecule has 6 nitrogen and oxygen atoms in total. The van der Waals surface area contributed by atoms with E-state index in [0.717, 1.165) is 19.3 Å². The van der Waals surface area contributed by atoms with Gasteiger partial charge in [0.1, 0.15) is 0 Å². The summed E-state index contributed by atoms with van der Waals surface area (Å²) in [4.78, 5) is 26.0. The Kier molecular flexibility index (Phi) is 8.37. The summed E-state index contributed by atoms with van der Waals surface area (Å²) in [5, 5.41) is 2.89. The van der Waals surface area contributed by atoms with Gasteiger partial charge in [-0.15, -0.1) is 0 Å². The minimum absolute atomic E-state index is 0.00128. The molecule has 1 fully saturated rings. The molecule has 0 spiro atoms. The van der Waals surface area contributed by atoms with Gasteiger partial charge in [-0.3, -0.25) is 4.79 Å². The summed E-state index contributed by atoms with van der Waals surface area (Å²) in [6, 6.07) is -0.487. The van der Waals surface area contributed by atoms with Gasteiger partial charge in [0.15, 0.2) is 0 Å². The second kappa shape index (κ2) is 9.75. The van der Waals surface area contributed by atoms with Crippen LogP contribution in [0.3, 0.4) is 0 Å². The van der Waals surface area contributed by atoms with Crippen molar-refractivity contribution in [1.82, 2.24) is 10.2 Å². The maximum absolute atomic E-state index is 12.2. The van der Waals surface area contributed by atoms with Crippen molar-refractivity contribution in [1.29, 1.82) is 0 Å². The van der Waals surface area contributed by atoms with Gasteiger partial charge in [-0.2, -0.15) is 0 Å². The molecule has 3 N–H and O–H groups in total. The molecule has 0 saturated carbocycles. The minimum atomic E-state index is -0.486. The zero-order valence-electron chi connectivity index (χ0n) is 15.0. The molecule has 0 radical (unpaired) electrons. The Bertz CT molecular complexity index is 385. The Labute approximate surface area is 140 Å². The number of carbonyl (C=O) groups excluding carboxylic acids is 2. The molecule has 134 valence electrons. The smallest absolute Gasteiger partial charge is 0.410 e. The fourth-order valence-electron chi connectivity index (χ4n) is 2.74. The normalized spacial score (nSPS) is 19.8. The Hall–Kier alpha value is -1.30. The number of nitrogens with zero attached hydrogens (tertiary/aromatic N) is 1. The molecular formula is C17H33N3O3. The predicted octanol–water partition coefficient (Wildman–Crippen LogP) is 2.12. The lowest BCUT2D eigenvalue weighted by atomic mass is 10.0. The molecule has 0 aliphatic carbocycles. The van der Waals surface area contributed by atoms with Gasteiger partial charge in [0.2, 0.25) is 5.91 Å². The summed E-state index contributed by atoms with van der Waals surface area (Å²) in [7, 11) is 0. The van der Waals surface area contributed by atoms with E-state index in [1.54, 1.807) is 4.90 Å². The van der Waals surface area contributed by atoms with E-state index in [-0.39, 0.29) is 18.0 Å². The van der Waals surface area contributed by atoms with Gasteiger partial charge in [0, 0.05) is 13.1 Å². The molecule has 2 amide bonds. The van der Waals surface area contributed by atoms with E-state index in [4.69, 9.17) is 10.5 Å². The zero-order valence-corrected chi connectivity index (χ0v) is 15.0. The lowest BCUT2D eigenvalue weighted by molar-refractivity contribution is -0.123. The number of amides is 2. The van der Waals surface area contributed by atoms with E-state index in [0.29, 0.717) is 38.0 Å². The maximum atomic E-state index is 12.2. The SMILES string of the molecule is CC(C)COC(=O)N1CCCCC1CNC(=O)[C@@H](N)CC(C)C. The average molecular weight is 327 g/mol. The molecule has 1 saturated heterocycles. The van der Waals surface area contributed by atoms with Gasteiger partial charge >= 0.3 is 6.09 Å². The van der Waals surface area contributed by atoms with E-state index in [1.165, 1.54) is 0 Å². The van der Waals surface area contributed by atoms with Crippen LogP contribution in [0.5, 0.6) is 0 Å². The number of likely N-dealkylation sites (tertiary alicyclic amines) is 1. The van der Waals surface area contributed by atoms with Gasteiger partial charge in [0.25, 0.3) is 0 Å². The van der Waals surface area contributed by atoms with Crippen LogP contribution in [0.25, 0.3) is 0 Å². The van der Waals surface area contributed by atoms with Crippen LogP contribution in [-0.2, 0) is 9.53 Å². The first-order chi connectivity index (χ1) is 10.8. The van der Waals surface area contributed by atoms with Crippen molar-refractivity contribution in [3.8, 4) is 0 Å². The van der Waals surface area contributed by atoms with Gasteiger partial charge in [-0.1, -0.05) is 27.7 Å². The van der Waals surface area contributed by atoms with E-state index in [9.17, 15) is 9.59 Å². The molecule has 0 bridgehead atoms. The van der Waals surface area contributed by atoms with Crippen LogP contribution in [0.15, 0.2) is 0 Å². The summed E-state index contributed by atoms with van der Waals surface area (Å²) in [6.45, 7) is 9.67. The second-order valence-electron chi connectivity index (χ2n) is 7.29. The number of carbonyl (C=O) groups is 2. The Balaban J connectivity index is 2.48. The van der Waals surface area contributed by atoms with Crippen LogP contribution in [0, 0.1) is 11.8 Å². The summed E-state index contributed by atoms with van der Waals surface area (Å²) in [5.41, 5.74) is 5.89. The Morgan fingerprint density at radius 1 is 1.22 bits per heavy atom.